The number of hydrogen-bond donors (Lipinski definition) is 0. The fourth-order valence-corrected chi connectivity index (χ4v) is 6.19. The summed E-state index contributed by atoms with van der Waals surface area (Å²) in [4.78, 5) is 35.1. The van der Waals surface area contributed by atoms with Gasteiger partial charge in [-0.2, -0.15) is 0 Å². The second-order valence-corrected chi connectivity index (χ2v) is 10.6. The molecule has 0 saturated heterocycles. The number of anilines is 1. The van der Waals surface area contributed by atoms with Crippen molar-refractivity contribution in [2.24, 2.45) is 0 Å². The van der Waals surface area contributed by atoms with E-state index in [0.717, 1.165) is 71.1 Å². The number of carbonyl (C=O) groups excluding carboxylic acids is 2. The van der Waals surface area contributed by atoms with E-state index < -0.39 is 12.1 Å². The molecule has 2 aliphatic rings. The van der Waals surface area contributed by atoms with Crippen LogP contribution in [0.5, 0.6) is 0 Å². The lowest BCUT2D eigenvalue weighted by molar-refractivity contribution is -0.126. The van der Waals surface area contributed by atoms with Crippen molar-refractivity contribution in [3.05, 3.63) is 93.3 Å². The van der Waals surface area contributed by atoms with Gasteiger partial charge in [-0.25, -0.2) is 9.78 Å². The highest BCUT2D eigenvalue weighted by Gasteiger charge is 2.31. The van der Waals surface area contributed by atoms with Crippen molar-refractivity contribution in [1.29, 1.82) is 0 Å². The summed E-state index contributed by atoms with van der Waals surface area (Å²) in [5.74, 6) is -0.649. The van der Waals surface area contributed by atoms with Crippen molar-refractivity contribution in [1.82, 2.24) is 4.98 Å². The average molecular weight is 509 g/mol. The number of aromatic nitrogens is 1. The zero-order valence-electron chi connectivity index (χ0n) is 20.8. The fraction of sp³-hybridized carbons (Fsp3) is 0.258. The third kappa shape index (κ3) is 4.46. The lowest BCUT2D eigenvalue weighted by Crippen LogP contribution is -2.42. The zero-order valence-corrected chi connectivity index (χ0v) is 21.6. The van der Waals surface area contributed by atoms with Crippen LogP contribution in [0.1, 0.15) is 58.2 Å². The molecular formula is C31H28N2O3S. The van der Waals surface area contributed by atoms with Crippen LogP contribution in [0.2, 0.25) is 0 Å². The molecule has 0 spiro atoms. The third-order valence-corrected chi connectivity index (χ3v) is 8.06. The number of allylic oxidation sites excluding steroid dienone is 1. The average Bonchev–Trinajstić information content (AvgIpc) is 3.44. The van der Waals surface area contributed by atoms with Gasteiger partial charge in [-0.05, 0) is 85.4 Å². The van der Waals surface area contributed by atoms with Crippen LogP contribution in [0.15, 0.2) is 66.0 Å². The SMILES string of the molecule is CC(OC(=O)c1c2c(nc3ccccc13)C(=Cc1cccs1)CCC2)C(=O)N1CCCc2ccccc21. The van der Waals surface area contributed by atoms with Crippen molar-refractivity contribution in [2.45, 2.75) is 45.1 Å². The molecule has 2 aromatic carbocycles. The maximum absolute atomic E-state index is 13.8. The van der Waals surface area contributed by atoms with Gasteiger partial charge in [0.05, 0.1) is 16.8 Å². The maximum Gasteiger partial charge on any atom is 0.339 e. The Bertz CT molecular complexity index is 1520. The molecule has 0 bridgehead atoms. The Kier molecular flexibility index (Phi) is 6.35. The van der Waals surface area contributed by atoms with Crippen LogP contribution in [0.25, 0.3) is 22.6 Å². The molecule has 0 fully saturated rings. The predicted molar refractivity (Wildman–Crippen MR) is 149 cm³/mol. The lowest BCUT2D eigenvalue weighted by Gasteiger charge is -2.31. The summed E-state index contributed by atoms with van der Waals surface area (Å²) in [5, 5.41) is 2.83. The molecule has 2 aromatic heterocycles. The molecule has 0 radical (unpaired) electrons. The highest BCUT2D eigenvalue weighted by Crippen LogP contribution is 2.37. The van der Waals surface area contributed by atoms with Gasteiger partial charge in [0.15, 0.2) is 6.10 Å². The zero-order chi connectivity index (χ0) is 25.4. The first-order chi connectivity index (χ1) is 18.1. The van der Waals surface area contributed by atoms with E-state index in [1.807, 2.05) is 48.5 Å². The maximum atomic E-state index is 13.8. The van der Waals surface area contributed by atoms with Crippen molar-refractivity contribution in [3.8, 4) is 0 Å². The summed E-state index contributed by atoms with van der Waals surface area (Å²) >= 11 is 1.69. The number of esters is 1. The minimum absolute atomic E-state index is 0.189. The van der Waals surface area contributed by atoms with Gasteiger partial charge in [-0.3, -0.25) is 4.79 Å². The molecule has 1 aliphatic carbocycles. The molecule has 6 rings (SSSR count). The number of pyridine rings is 1. The summed E-state index contributed by atoms with van der Waals surface area (Å²) in [6.45, 7) is 2.30. The number of benzene rings is 2. The smallest absolute Gasteiger partial charge is 0.339 e. The molecule has 1 aliphatic heterocycles. The number of fused-ring (bicyclic) bond motifs is 3. The van der Waals surface area contributed by atoms with E-state index in [0.29, 0.717) is 12.1 Å². The van der Waals surface area contributed by atoms with Crippen LogP contribution in [0.4, 0.5) is 5.69 Å². The number of rotatable bonds is 4. The van der Waals surface area contributed by atoms with Crippen LogP contribution in [0.3, 0.4) is 0 Å². The predicted octanol–water partition coefficient (Wildman–Crippen LogP) is 6.70. The molecule has 5 nitrogen and oxygen atoms in total. The van der Waals surface area contributed by atoms with E-state index in [1.54, 1.807) is 23.2 Å². The lowest BCUT2D eigenvalue weighted by atomic mass is 9.86. The molecular weight excluding hydrogens is 480 g/mol. The van der Waals surface area contributed by atoms with Crippen molar-refractivity contribution >= 4 is 51.5 Å². The Balaban J connectivity index is 1.35. The van der Waals surface area contributed by atoms with E-state index in [2.05, 4.69) is 23.6 Å². The van der Waals surface area contributed by atoms with E-state index >= 15 is 0 Å². The largest absolute Gasteiger partial charge is 0.449 e. The number of thiophene rings is 1. The third-order valence-electron chi connectivity index (χ3n) is 7.24. The molecule has 186 valence electrons. The van der Waals surface area contributed by atoms with Crippen LogP contribution in [0, 0.1) is 0 Å². The van der Waals surface area contributed by atoms with E-state index in [1.165, 1.54) is 4.88 Å². The monoisotopic (exact) mass is 508 g/mol. The normalized spacial score (nSPS) is 16.8. The molecule has 1 atom stereocenters. The number of hydrogen-bond acceptors (Lipinski definition) is 5. The Hall–Kier alpha value is -3.77. The molecule has 37 heavy (non-hydrogen) atoms. The quantitative estimate of drug-likeness (QED) is 0.288. The summed E-state index contributed by atoms with van der Waals surface area (Å²) in [6.07, 6.45) is 5.72. The Morgan fingerprint density at radius 2 is 1.84 bits per heavy atom. The van der Waals surface area contributed by atoms with Crippen molar-refractivity contribution in [2.75, 3.05) is 11.4 Å². The van der Waals surface area contributed by atoms with E-state index in [4.69, 9.17) is 9.72 Å². The van der Waals surface area contributed by atoms with Crippen LogP contribution >= 0.6 is 11.3 Å². The number of para-hydroxylation sites is 2. The van der Waals surface area contributed by atoms with E-state index in [-0.39, 0.29) is 5.91 Å². The minimum Gasteiger partial charge on any atom is -0.449 e. The van der Waals surface area contributed by atoms with Crippen LogP contribution < -0.4 is 4.90 Å². The second-order valence-electron chi connectivity index (χ2n) is 9.64. The number of ether oxygens (including phenoxy) is 1. The molecule has 3 heterocycles. The summed E-state index contributed by atoms with van der Waals surface area (Å²) in [6, 6.07) is 19.8. The highest BCUT2D eigenvalue weighted by atomic mass is 32.1. The fourth-order valence-electron chi connectivity index (χ4n) is 5.51. The molecule has 4 aromatic rings. The second kappa shape index (κ2) is 9.94. The van der Waals surface area contributed by atoms with Crippen molar-refractivity contribution in [3.63, 3.8) is 0 Å². The van der Waals surface area contributed by atoms with Gasteiger partial charge < -0.3 is 9.64 Å². The van der Waals surface area contributed by atoms with Gasteiger partial charge in [0.25, 0.3) is 5.91 Å². The number of amides is 1. The van der Waals surface area contributed by atoms with Gasteiger partial charge in [0, 0.05) is 22.5 Å². The number of nitrogens with zero attached hydrogens (tertiary/aromatic N) is 2. The first kappa shape index (κ1) is 23.6. The van der Waals surface area contributed by atoms with Gasteiger partial charge >= 0.3 is 5.97 Å². The summed E-state index contributed by atoms with van der Waals surface area (Å²) in [5.41, 5.74) is 6.29. The van der Waals surface area contributed by atoms with Gasteiger partial charge in [-0.1, -0.05) is 42.5 Å². The topological polar surface area (TPSA) is 59.5 Å². The Morgan fingerprint density at radius 3 is 2.70 bits per heavy atom. The minimum atomic E-state index is -0.897. The van der Waals surface area contributed by atoms with E-state index in [9.17, 15) is 9.59 Å². The number of aryl methyl sites for hydroxylation is 1. The molecule has 1 unspecified atom stereocenters. The Morgan fingerprint density at radius 1 is 1.00 bits per heavy atom. The Labute approximate surface area is 220 Å². The van der Waals surface area contributed by atoms with Gasteiger partial charge in [0.1, 0.15) is 0 Å². The standard InChI is InChI=1S/C31H28N2O3S/c1-20(30(34)33-17-7-11-21-9-2-5-16-27(21)33)36-31(35)28-24-13-3-4-15-26(24)32-29-22(10-6-14-25(28)29)19-23-12-8-18-37-23/h2-5,8-9,12-13,15-16,18-20H,6-7,10-11,14,17H2,1H3. The first-order valence-corrected chi connectivity index (χ1v) is 13.7. The van der Waals surface area contributed by atoms with Crippen molar-refractivity contribution < 1.29 is 14.3 Å². The van der Waals surface area contributed by atoms with Crippen LogP contribution in [-0.2, 0) is 22.4 Å². The van der Waals surface area contributed by atoms with Gasteiger partial charge in [0.2, 0.25) is 0 Å². The highest BCUT2D eigenvalue weighted by molar-refractivity contribution is 7.10. The summed E-state index contributed by atoms with van der Waals surface area (Å²) in [7, 11) is 0. The molecule has 6 heteroatoms. The van der Waals surface area contributed by atoms with Crippen LogP contribution in [-0.4, -0.2) is 29.5 Å². The molecule has 0 saturated carbocycles. The first-order valence-electron chi connectivity index (χ1n) is 12.9. The van der Waals surface area contributed by atoms with Gasteiger partial charge in [-0.15, -0.1) is 11.3 Å². The number of carbonyl (C=O) groups is 2. The summed E-state index contributed by atoms with van der Waals surface area (Å²) < 4.78 is 5.91. The molecule has 0 N–H and O–H groups in total. The molecule has 1 amide bonds.